The molecule has 0 bridgehead atoms. The van der Waals surface area contributed by atoms with E-state index in [9.17, 15) is 0 Å². The summed E-state index contributed by atoms with van der Waals surface area (Å²) < 4.78 is 0. The van der Waals surface area contributed by atoms with E-state index in [0.717, 1.165) is 6.54 Å². The van der Waals surface area contributed by atoms with Crippen LogP contribution in [0.15, 0.2) is 29.4 Å². The average Bonchev–Trinajstić information content (AvgIpc) is 2.59. The van der Waals surface area contributed by atoms with Crippen molar-refractivity contribution in [2.45, 2.75) is 82.4 Å². The van der Waals surface area contributed by atoms with Gasteiger partial charge >= 0.3 is 0 Å². The maximum absolute atomic E-state index is 4.04. The van der Waals surface area contributed by atoms with E-state index in [1.54, 1.807) is 0 Å². The molecule has 0 radical (unpaired) electrons. The van der Waals surface area contributed by atoms with Gasteiger partial charge in [-0.3, -0.25) is 4.98 Å². The molecule has 0 aliphatic heterocycles. The van der Waals surface area contributed by atoms with Crippen LogP contribution in [0.25, 0.3) is 0 Å². The molecule has 23 heavy (non-hydrogen) atoms. The van der Waals surface area contributed by atoms with Crippen LogP contribution in [-0.4, -0.2) is 23.8 Å². The highest BCUT2D eigenvalue weighted by Crippen LogP contribution is 2.16. The molecule has 0 fully saturated rings. The van der Waals surface area contributed by atoms with E-state index < -0.39 is 0 Å². The van der Waals surface area contributed by atoms with E-state index in [2.05, 4.69) is 29.4 Å². The van der Waals surface area contributed by atoms with Crippen LogP contribution in [0.5, 0.6) is 0 Å². The van der Waals surface area contributed by atoms with Crippen LogP contribution in [0.2, 0.25) is 0 Å². The standard InChI is InChI=1S/C20H36N2S/c1-2-3-4-5-6-7-8-9-10-11-15-21-16-12-19-23-20-13-17-22-18-14-20/h13-14,17-18,21H,2-12,15-16,19H2,1H3. The van der Waals surface area contributed by atoms with Crippen molar-refractivity contribution in [1.29, 1.82) is 0 Å². The molecule has 1 aromatic heterocycles. The van der Waals surface area contributed by atoms with E-state index in [-0.39, 0.29) is 0 Å². The summed E-state index contributed by atoms with van der Waals surface area (Å²) in [5.74, 6) is 1.19. The Hall–Kier alpha value is -0.540. The molecule has 3 heteroatoms. The lowest BCUT2D eigenvalue weighted by molar-refractivity contribution is 0.543. The van der Waals surface area contributed by atoms with Gasteiger partial charge in [0.25, 0.3) is 0 Å². The largest absolute Gasteiger partial charge is 0.317 e. The second-order valence-electron chi connectivity index (χ2n) is 6.32. The summed E-state index contributed by atoms with van der Waals surface area (Å²) in [5, 5.41) is 3.57. The molecule has 0 aliphatic rings. The third kappa shape index (κ3) is 13.6. The third-order valence-corrected chi connectivity index (χ3v) is 5.22. The topological polar surface area (TPSA) is 24.9 Å². The molecule has 1 heterocycles. The Balaban J connectivity index is 1.72. The molecule has 1 N–H and O–H groups in total. The molecule has 0 saturated heterocycles. The van der Waals surface area contributed by atoms with E-state index in [1.165, 1.54) is 87.8 Å². The predicted molar refractivity (Wildman–Crippen MR) is 104 cm³/mol. The van der Waals surface area contributed by atoms with E-state index in [4.69, 9.17) is 0 Å². The van der Waals surface area contributed by atoms with Crippen molar-refractivity contribution >= 4 is 11.8 Å². The summed E-state index contributed by atoms with van der Waals surface area (Å²) in [6.07, 6.45) is 19.1. The van der Waals surface area contributed by atoms with Gasteiger partial charge in [0.2, 0.25) is 0 Å². The predicted octanol–water partition coefficient (Wildman–Crippen LogP) is 6.07. The molecule has 1 rings (SSSR count). The Morgan fingerprint density at radius 1 is 0.783 bits per heavy atom. The van der Waals surface area contributed by atoms with E-state index in [0.29, 0.717) is 0 Å². The number of hydrogen-bond donors (Lipinski definition) is 1. The molecule has 0 amide bonds. The fraction of sp³-hybridized carbons (Fsp3) is 0.750. The molecule has 1 aromatic rings. The number of nitrogens with one attached hydrogen (secondary N) is 1. The minimum atomic E-state index is 1.15. The van der Waals surface area contributed by atoms with E-state index in [1.807, 2.05) is 24.2 Å². The highest BCUT2D eigenvalue weighted by Gasteiger charge is 1.95. The Morgan fingerprint density at radius 3 is 2.00 bits per heavy atom. The Bertz CT molecular complexity index is 343. The number of rotatable bonds is 16. The van der Waals surface area contributed by atoms with Crippen LogP contribution in [0.3, 0.4) is 0 Å². The zero-order valence-corrected chi connectivity index (χ0v) is 15.9. The van der Waals surface area contributed by atoms with Gasteiger partial charge in [-0.05, 0) is 43.8 Å². The highest BCUT2D eigenvalue weighted by atomic mass is 32.2. The summed E-state index contributed by atoms with van der Waals surface area (Å²) in [5.41, 5.74) is 0. The lowest BCUT2D eigenvalue weighted by Gasteiger charge is -2.05. The lowest BCUT2D eigenvalue weighted by Crippen LogP contribution is -2.17. The molecule has 0 aliphatic carbocycles. The van der Waals surface area contributed by atoms with Gasteiger partial charge in [-0.25, -0.2) is 0 Å². The fourth-order valence-electron chi connectivity index (χ4n) is 2.68. The van der Waals surface area contributed by atoms with Gasteiger partial charge in [0.15, 0.2) is 0 Å². The molecule has 0 aromatic carbocycles. The zero-order chi connectivity index (χ0) is 16.4. The number of hydrogen-bond acceptors (Lipinski definition) is 3. The van der Waals surface area contributed by atoms with Crippen molar-refractivity contribution in [3.8, 4) is 0 Å². The van der Waals surface area contributed by atoms with Gasteiger partial charge in [0, 0.05) is 17.3 Å². The Morgan fingerprint density at radius 2 is 1.35 bits per heavy atom. The summed E-state index contributed by atoms with van der Waals surface area (Å²) in [6, 6.07) is 4.17. The molecule has 132 valence electrons. The number of aromatic nitrogens is 1. The SMILES string of the molecule is CCCCCCCCCCCCNCCCSc1ccncc1. The Kier molecular flexibility index (Phi) is 14.6. The molecule has 0 saturated carbocycles. The lowest BCUT2D eigenvalue weighted by atomic mass is 10.1. The third-order valence-electron chi connectivity index (χ3n) is 4.12. The maximum atomic E-state index is 4.04. The van der Waals surface area contributed by atoms with Gasteiger partial charge in [0.05, 0.1) is 0 Å². The number of unbranched alkanes of at least 4 members (excludes halogenated alkanes) is 9. The van der Waals surface area contributed by atoms with Crippen LogP contribution < -0.4 is 5.32 Å². The second-order valence-corrected chi connectivity index (χ2v) is 7.49. The monoisotopic (exact) mass is 336 g/mol. The molecular formula is C20H36N2S. The molecule has 0 spiro atoms. The van der Waals surface area contributed by atoms with Gasteiger partial charge in [-0.1, -0.05) is 64.7 Å². The maximum Gasteiger partial charge on any atom is 0.0278 e. The van der Waals surface area contributed by atoms with Gasteiger partial charge in [-0.2, -0.15) is 0 Å². The fourth-order valence-corrected chi connectivity index (χ4v) is 3.52. The first kappa shape index (κ1) is 20.5. The van der Waals surface area contributed by atoms with Gasteiger partial charge in [0.1, 0.15) is 0 Å². The van der Waals surface area contributed by atoms with Crippen molar-refractivity contribution in [3.63, 3.8) is 0 Å². The minimum absolute atomic E-state index is 1.15. The highest BCUT2D eigenvalue weighted by molar-refractivity contribution is 7.99. The van der Waals surface area contributed by atoms with Crippen LogP contribution in [-0.2, 0) is 0 Å². The van der Waals surface area contributed by atoms with E-state index >= 15 is 0 Å². The number of nitrogens with zero attached hydrogens (tertiary/aromatic N) is 1. The van der Waals surface area contributed by atoms with Crippen molar-refractivity contribution < 1.29 is 0 Å². The molecule has 2 nitrogen and oxygen atoms in total. The van der Waals surface area contributed by atoms with Crippen molar-refractivity contribution in [2.24, 2.45) is 0 Å². The summed E-state index contributed by atoms with van der Waals surface area (Å²) in [4.78, 5) is 5.37. The number of thioether (sulfide) groups is 1. The molecule has 0 atom stereocenters. The van der Waals surface area contributed by atoms with Crippen molar-refractivity contribution in [1.82, 2.24) is 10.3 Å². The first-order valence-corrected chi connectivity index (χ1v) is 10.7. The van der Waals surface area contributed by atoms with Crippen molar-refractivity contribution in [3.05, 3.63) is 24.5 Å². The zero-order valence-electron chi connectivity index (χ0n) is 15.1. The Labute approximate surface area is 148 Å². The normalized spacial score (nSPS) is 11.0. The quantitative estimate of drug-likeness (QED) is 0.293. The average molecular weight is 337 g/mol. The molecular weight excluding hydrogens is 300 g/mol. The summed E-state index contributed by atoms with van der Waals surface area (Å²) in [7, 11) is 0. The molecule has 0 unspecified atom stereocenters. The van der Waals surface area contributed by atoms with Crippen LogP contribution in [0.1, 0.15) is 77.6 Å². The van der Waals surface area contributed by atoms with Crippen LogP contribution >= 0.6 is 11.8 Å². The summed E-state index contributed by atoms with van der Waals surface area (Å²) >= 11 is 1.92. The van der Waals surface area contributed by atoms with Crippen LogP contribution in [0, 0.1) is 0 Å². The smallest absolute Gasteiger partial charge is 0.0278 e. The minimum Gasteiger partial charge on any atom is -0.317 e. The number of pyridine rings is 1. The van der Waals surface area contributed by atoms with Crippen molar-refractivity contribution in [2.75, 3.05) is 18.8 Å². The second kappa shape index (κ2) is 16.3. The summed E-state index contributed by atoms with van der Waals surface area (Å²) in [6.45, 7) is 4.62. The first-order chi connectivity index (χ1) is 11.4. The van der Waals surface area contributed by atoms with Gasteiger partial charge < -0.3 is 5.32 Å². The van der Waals surface area contributed by atoms with Crippen LogP contribution in [0.4, 0.5) is 0 Å². The first-order valence-electron chi connectivity index (χ1n) is 9.67. The van der Waals surface area contributed by atoms with Gasteiger partial charge in [-0.15, -0.1) is 11.8 Å².